The molecule has 1 fully saturated rings. The fourth-order valence-electron chi connectivity index (χ4n) is 0.775. The maximum absolute atomic E-state index is 11.6. The van der Waals surface area contributed by atoms with E-state index in [-0.39, 0.29) is 5.92 Å². The normalized spacial score (nSPS) is 16.2. The highest BCUT2D eigenvalue weighted by atomic mass is 19.4. The molecule has 0 aromatic rings. The first-order valence-electron chi connectivity index (χ1n) is 4.50. The summed E-state index contributed by atoms with van der Waals surface area (Å²) in [4.78, 5) is 21.1. The molecule has 0 unspecified atom stereocenters. The lowest BCUT2D eigenvalue weighted by Gasteiger charge is -2.04. The lowest BCUT2D eigenvalue weighted by atomic mass is 10.4. The van der Waals surface area contributed by atoms with E-state index in [0.29, 0.717) is 0 Å². The number of hydrogen-bond donors (Lipinski definition) is 0. The maximum atomic E-state index is 11.6. The first kappa shape index (κ1) is 12.5. The molecule has 0 bridgehead atoms. The summed E-state index contributed by atoms with van der Waals surface area (Å²) in [7, 11) is 0. The summed E-state index contributed by atoms with van der Waals surface area (Å²) in [6.45, 7) is -0.587. The van der Waals surface area contributed by atoms with Crippen LogP contribution in [0.2, 0.25) is 0 Å². The van der Waals surface area contributed by atoms with Crippen molar-refractivity contribution < 1.29 is 32.2 Å². The number of carbonyl (C=O) groups excluding carboxylic acids is 2. The first-order chi connectivity index (χ1) is 7.41. The Labute approximate surface area is 89.0 Å². The Morgan fingerprint density at radius 1 is 1.31 bits per heavy atom. The molecule has 0 aromatic carbocycles. The molecule has 0 saturated heterocycles. The van der Waals surface area contributed by atoms with Gasteiger partial charge in [0.05, 0.1) is 12.2 Å². The summed E-state index contributed by atoms with van der Waals surface area (Å²) in [5, 5.41) is 0. The van der Waals surface area contributed by atoms with Crippen LogP contribution in [0.5, 0.6) is 0 Å². The zero-order chi connectivity index (χ0) is 12.2. The van der Waals surface area contributed by atoms with E-state index in [1.807, 2.05) is 0 Å². The summed E-state index contributed by atoms with van der Waals surface area (Å²) in [5.74, 6) is -2.79. The molecule has 0 amide bonds. The van der Waals surface area contributed by atoms with Crippen LogP contribution >= 0.6 is 0 Å². The summed E-state index contributed by atoms with van der Waals surface area (Å²) >= 11 is 0. The summed E-state index contributed by atoms with van der Waals surface area (Å²) in [5.41, 5.74) is 0. The van der Waals surface area contributed by atoms with Crippen LogP contribution in [-0.2, 0) is 19.1 Å². The molecule has 0 aromatic heterocycles. The zero-order valence-electron chi connectivity index (χ0n) is 8.12. The molecule has 1 saturated carbocycles. The lowest BCUT2D eigenvalue weighted by Crippen LogP contribution is -2.25. The largest absolute Gasteiger partial charge is 0.490 e. The number of carbonyl (C=O) groups is 2. The highest BCUT2D eigenvalue weighted by Crippen LogP contribution is 2.30. The van der Waals surface area contributed by atoms with Crippen LogP contribution in [-0.4, -0.2) is 24.7 Å². The number of hydrogen-bond acceptors (Lipinski definition) is 4. The second-order valence-corrected chi connectivity index (χ2v) is 3.18. The second-order valence-electron chi connectivity index (χ2n) is 3.18. The molecule has 1 rings (SSSR count). The molecule has 7 heteroatoms. The van der Waals surface area contributed by atoms with E-state index in [4.69, 9.17) is 0 Å². The van der Waals surface area contributed by atoms with Crippen molar-refractivity contribution in [1.29, 1.82) is 0 Å². The predicted molar refractivity (Wildman–Crippen MR) is 45.0 cm³/mol. The molecule has 90 valence electrons. The van der Waals surface area contributed by atoms with E-state index in [0.717, 1.165) is 25.2 Å². The number of rotatable bonds is 4. The van der Waals surface area contributed by atoms with Crippen molar-refractivity contribution in [1.82, 2.24) is 0 Å². The Morgan fingerprint density at radius 3 is 2.44 bits per heavy atom. The van der Waals surface area contributed by atoms with Gasteiger partial charge in [-0.05, 0) is 18.9 Å². The zero-order valence-corrected chi connectivity index (χ0v) is 8.12. The van der Waals surface area contributed by atoms with Gasteiger partial charge in [-0.3, -0.25) is 4.79 Å². The molecular weight excluding hydrogens is 229 g/mol. The van der Waals surface area contributed by atoms with Gasteiger partial charge in [-0.1, -0.05) is 0 Å². The average molecular weight is 238 g/mol. The third-order valence-corrected chi connectivity index (χ3v) is 1.73. The van der Waals surface area contributed by atoms with Gasteiger partial charge in [0.2, 0.25) is 0 Å². The van der Waals surface area contributed by atoms with Gasteiger partial charge >= 0.3 is 18.1 Å². The van der Waals surface area contributed by atoms with Crippen molar-refractivity contribution in [2.24, 2.45) is 5.92 Å². The third-order valence-electron chi connectivity index (χ3n) is 1.73. The molecule has 0 atom stereocenters. The highest BCUT2D eigenvalue weighted by Gasteiger charge is 2.40. The molecule has 0 aliphatic heterocycles. The van der Waals surface area contributed by atoms with Crippen LogP contribution in [0.25, 0.3) is 0 Å². The lowest BCUT2D eigenvalue weighted by molar-refractivity contribution is -0.198. The Balaban J connectivity index is 2.12. The minimum atomic E-state index is -5.00. The Morgan fingerprint density at radius 2 is 1.94 bits per heavy atom. The van der Waals surface area contributed by atoms with Crippen molar-refractivity contribution in [3.05, 3.63) is 12.3 Å². The van der Waals surface area contributed by atoms with E-state index in [1.54, 1.807) is 0 Å². The van der Waals surface area contributed by atoms with Gasteiger partial charge in [0.15, 0.2) is 0 Å². The van der Waals surface area contributed by atoms with Crippen LogP contribution in [0.3, 0.4) is 0 Å². The van der Waals surface area contributed by atoms with Gasteiger partial charge < -0.3 is 9.47 Å². The first-order valence-corrected chi connectivity index (χ1v) is 4.50. The molecule has 16 heavy (non-hydrogen) atoms. The summed E-state index contributed by atoms with van der Waals surface area (Å²) in [6, 6.07) is 0. The minimum Gasteiger partial charge on any atom is -0.455 e. The maximum Gasteiger partial charge on any atom is 0.490 e. The van der Waals surface area contributed by atoms with E-state index in [9.17, 15) is 22.8 Å². The third kappa shape index (κ3) is 4.33. The quantitative estimate of drug-likeness (QED) is 0.551. The molecule has 0 spiro atoms. The van der Waals surface area contributed by atoms with Crippen LogP contribution in [0.1, 0.15) is 12.8 Å². The fraction of sp³-hybridized carbons (Fsp3) is 0.556. The van der Waals surface area contributed by atoms with E-state index >= 15 is 0 Å². The molecule has 4 nitrogen and oxygen atoms in total. The van der Waals surface area contributed by atoms with Gasteiger partial charge in [0.1, 0.15) is 6.61 Å². The van der Waals surface area contributed by atoms with Gasteiger partial charge in [-0.25, -0.2) is 4.79 Å². The standard InChI is InChI=1S/C9H9F3O4/c10-9(11,12)8(14)16-5-1-4-15-7(13)6-2-3-6/h1,4,6H,2-3,5H2/b4-1-. The Bertz CT molecular complexity index is 304. The van der Waals surface area contributed by atoms with Gasteiger partial charge in [-0.15, -0.1) is 0 Å². The molecule has 1 aliphatic rings. The highest BCUT2D eigenvalue weighted by molar-refractivity contribution is 5.76. The number of esters is 2. The number of ether oxygens (including phenoxy) is 2. The predicted octanol–water partition coefficient (Wildman–Crippen LogP) is 1.56. The fourth-order valence-corrected chi connectivity index (χ4v) is 0.775. The summed E-state index contributed by atoms with van der Waals surface area (Å²) < 4.78 is 43.2. The van der Waals surface area contributed by atoms with Gasteiger partial charge in [-0.2, -0.15) is 13.2 Å². The van der Waals surface area contributed by atoms with E-state index < -0.39 is 24.7 Å². The molecule has 1 aliphatic carbocycles. The molecule has 0 radical (unpaired) electrons. The number of alkyl halides is 3. The van der Waals surface area contributed by atoms with Gasteiger partial charge in [0, 0.05) is 0 Å². The molecule has 0 heterocycles. The molecular formula is C9H9F3O4. The van der Waals surface area contributed by atoms with Crippen molar-refractivity contribution in [2.75, 3.05) is 6.61 Å². The average Bonchev–Trinajstić information content (AvgIpc) is 2.98. The SMILES string of the molecule is O=C(O/C=C\COC(=O)C(F)(F)F)C1CC1. The van der Waals surface area contributed by atoms with E-state index in [2.05, 4.69) is 9.47 Å². The second kappa shape index (κ2) is 5.00. The minimum absolute atomic E-state index is 0.0950. The van der Waals surface area contributed by atoms with Crippen molar-refractivity contribution >= 4 is 11.9 Å². The van der Waals surface area contributed by atoms with Crippen LogP contribution in [0.4, 0.5) is 13.2 Å². The van der Waals surface area contributed by atoms with Crippen LogP contribution in [0, 0.1) is 5.92 Å². The molecule has 0 N–H and O–H groups in total. The van der Waals surface area contributed by atoms with E-state index in [1.165, 1.54) is 0 Å². The van der Waals surface area contributed by atoms with Crippen molar-refractivity contribution in [2.45, 2.75) is 19.0 Å². The Hall–Kier alpha value is -1.53. The monoisotopic (exact) mass is 238 g/mol. The summed E-state index contributed by atoms with van der Waals surface area (Å²) in [6.07, 6.45) is -1.52. The number of halogens is 3. The van der Waals surface area contributed by atoms with Crippen molar-refractivity contribution in [3.63, 3.8) is 0 Å². The van der Waals surface area contributed by atoms with Crippen molar-refractivity contribution in [3.8, 4) is 0 Å². The smallest absolute Gasteiger partial charge is 0.455 e. The van der Waals surface area contributed by atoms with Crippen LogP contribution in [0.15, 0.2) is 12.3 Å². The van der Waals surface area contributed by atoms with Gasteiger partial charge in [0.25, 0.3) is 0 Å². The topological polar surface area (TPSA) is 52.6 Å². The van der Waals surface area contributed by atoms with Crippen LogP contribution < -0.4 is 0 Å². The Kier molecular flexibility index (Phi) is 3.92.